The molecule has 1 aliphatic rings. The first-order valence-electron chi connectivity index (χ1n) is 11.3. The lowest BCUT2D eigenvalue weighted by molar-refractivity contribution is -0.386. The van der Waals surface area contributed by atoms with Gasteiger partial charge >= 0.3 is 0 Å². The Hall–Kier alpha value is -4.30. The number of aliphatic hydroxyl groups excluding tert-OH is 2. The average molecular weight is 593 g/mol. The van der Waals surface area contributed by atoms with Crippen LogP contribution in [-0.4, -0.2) is 63.2 Å². The molecule has 210 valence electrons. The highest BCUT2D eigenvalue weighted by Gasteiger charge is 2.41. The van der Waals surface area contributed by atoms with Gasteiger partial charge in [-0.15, -0.1) is 0 Å². The molecule has 3 rings (SSSR count). The SMILES string of the molecule is N#CC(C#N)=C1c2cc(S(=O)(=O)NCCCO)cc([N+](=O)[O-])c2-c2c1cc(S(=O)(=O)NCCCO)cc2[N+](=O)[O-]. The minimum Gasteiger partial charge on any atom is -0.396 e. The maximum Gasteiger partial charge on any atom is 0.279 e. The van der Waals surface area contributed by atoms with Crippen LogP contribution in [0.25, 0.3) is 16.7 Å². The maximum absolute atomic E-state index is 12.9. The summed E-state index contributed by atoms with van der Waals surface area (Å²) in [6, 6.07) is 6.22. The van der Waals surface area contributed by atoms with E-state index in [1.807, 2.05) is 0 Å². The highest BCUT2D eigenvalue weighted by Crippen LogP contribution is 2.54. The van der Waals surface area contributed by atoms with Crippen molar-refractivity contribution in [3.63, 3.8) is 0 Å². The normalized spacial score (nSPS) is 12.2. The summed E-state index contributed by atoms with van der Waals surface area (Å²) in [5, 5.41) is 61.3. The van der Waals surface area contributed by atoms with Gasteiger partial charge in [0.05, 0.1) is 30.8 Å². The molecule has 2 aromatic carbocycles. The average Bonchev–Trinajstić information content (AvgIpc) is 3.22. The zero-order chi connectivity index (χ0) is 29.8. The Balaban J connectivity index is 2.47. The third-order valence-corrected chi connectivity index (χ3v) is 8.59. The summed E-state index contributed by atoms with van der Waals surface area (Å²) >= 11 is 0. The molecule has 0 atom stereocenters. The molecule has 0 saturated carbocycles. The van der Waals surface area contributed by atoms with Crippen LogP contribution in [0.3, 0.4) is 0 Å². The number of allylic oxidation sites excluding steroid dienone is 1. The second-order valence-electron chi connectivity index (χ2n) is 8.17. The van der Waals surface area contributed by atoms with Crippen LogP contribution in [0.4, 0.5) is 11.4 Å². The molecule has 0 heterocycles. The van der Waals surface area contributed by atoms with E-state index < -0.39 is 73.3 Å². The first-order chi connectivity index (χ1) is 18.8. The molecular weight excluding hydrogens is 572 g/mol. The monoisotopic (exact) mass is 592 g/mol. The van der Waals surface area contributed by atoms with Crippen LogP contribution in [0, 0.1) is 42.9 Å². The van der Waals surface area contributed by atoms with E-state index >= 15 is 0 Å². The lowest BCUT2D eigenvalue weighted by Crippen LogP contribution is -2.25. The molecule has 0 aliphatic heterocycles. The van der Waals surface area contributed by atoms with Crippen LogP contribution in [-0.2, 0) is 20.0 Å². The maximum atomic E-state index is 12.9. The summed E-state index contributed by atoms with van der Waals surface area (Å²) in [5.74, 6) is 0. The van der Waals surface area contributed by atoms with Gasteiger partial charge in [0.15, 0.2) is 0 Å². The largest absolute Gasteiger partial charge is 0.396 e. The van der Waals surface area contributed by atoms with E-state index in [1.165, 1.54) is 0 Å². The summed E-state index contributed by atoms with van der Waals surface area (Å²) in [4.78, 5) is 20.9. The molecule has 16 nitrogen and oxygen atoms in total. The molecule has 0 saturated heterocycles. The fraction of sp³-hybridized carbons (Fsp3) is 0.273. The number of fused-ring (bicyclic) bond motifs is 3. The second-order valence-corrected chi connectivity index (χ2v) is 11.7. The molecule has 0 bridgehead atoms. The quantitative estimate of drug-likeness (QED) is 0.0977. The Bertz CT molecular complexity index is 1610. The lowest BCUT2D eigenvalue weighted by atomic mass is 9.99. The van der Waals surface area contributed by atoms with Crippen LogP contribution in [0.5, 0.6) is 0 Å². The van der Waals surface area contributed by atoms with Gasteiger partial charge < -0.3 is 10.2 Å². The predicted molar refractivity (Wildman–Crippen MR) is 136 cm³/mol. The molecule has 0 aromatic heterocycles. The van der Waals surface area contributed by atoms with Crippen LogP contribution in [0.15, 0.2) is 39.6 Å². The van der Waals surface area contributed by atoms with Crippen molar-refractivity contribution in [1.29, 1.82) is 10.5 Å². The number of nitrogens with one attached hydrogen (secondary N) is 2. The van der Waals surface area contributed by atoms with Gasteiger partial charge in [-0.05, 0) is 25.0 Å². The molecule has 0 amide bonds. The fourth-order valence-electron chi connectivity index (χ4n) is 4.01. The van der Waals surface area contributed by atoms with Crippen LogP contribution >= 0.6 is 0 Å². The van der Waals surface area contributed by atoms with Gasteiger partial charge in [0, 0.05) is 55.1 Å². The number of hydrogen-bond donors (Lipinski definition) is 4. The van der Waals surface area contributed by atoms with E-state index in [0.29, 0.717) is 12.1 Å². The molecule has 4 N–H and O–H groups in total. The van der Waals surface area contributed by atoms with E-state index in [1.54, 1.807) is 12.1 Å². The number of aliphatic hydroxyl groups is 2. The molecule has 1 aliphatic carbocycles. The fourth-order valence-corrected chi connectivity index (χ4v) is 6.25. The van der Waals surface area contributed by atoms with Gasteiger partial charge in [-0.2, -0.15) is 10.5 Å². The number of benzene rings is 2. The zero-order valence-corrected chi connectivity index (χ0v) is 22.0. The lowest BCUT2D eigenvalue weighted by Gasteiger charge is -2.10. The van der Waals surface area contributed by atoms with Crippen LogP contribution in [0.2, 0.25) is 0 Å². The smallest absolute Gasteiger partial charge is 0.279 e. The molecular formula is C22H20N6O10S2. The van der Waals surface area contributed by atoms with Gasteiger partial charge in [0.2, 0.25) is 20.0 Å². The van der Waals surface area contributed by atoms with Crippen molar-refractivity contribution in [2.24, 2.45) is 0 Å². The zero-order valence-electron chi connectivity index (χ0n) is 20.3. The minimum absolute atomic E-state index is 0.0195. The third kappa shape index (κ3) is 5.67. The first kappa shape index (κ1) is 30.2. The van der Waals surface area contributed by atoms with Gasteiger partial charge in [0.1, 0.15) is 17.7 Å². The number of nitro groups is 2. The topological polar surface area (TPSA) is 267 Å². The second kappa shape index (κ2) is 11.8. The van der Waals surface area contributed by atoms with Crippen molar-refractivity contribution in [3.05, 3.63) is 61.2 Å². The molecule has 0 fully saturated rings. The van der Waals surface area contributed by atoms with Gasteiger partial charge in [-0.25, -0.2) is 26.3 Å². The number of nitro benzene ring substituents is 2. The highest BCUT2D eigenvalue weighted by atomic mass is 32.2. The number of hydrogen-bond acceptors (Lipinski definition) is 12. The Morgan fingerprint density at radius 1 is 0.775 bits per heavy atom. The molecule has 0 spiro atoms. The van der Waals surface area contributed by atoms with Crippen LogP contribution < -0.4 is 9.44 Å². The number of nitriles is 2. The summed E-state index contributed by atoms with van der Waals surface area (Å²) in [7, 11) is -8.89. The number of sulfonamides is 2. The summed E-state index contributed by atoms with van der Waals surface area (Å²) in [5.41, 5.74) is -4.67. The van der Waals surface area contributed by atoms with Gasteiger partial charge in [0.25, 0.3) is 11.4 Å². The predicted octanol–water partition coefficient (Wildman–Crippen LogP) is 0.654. The molecule has 18 heteroatoms. The Kier molecular flexibility index (Phi) is 8.95. The highest BCUT2D eigenvalue weighted by molar-refractivity contribution is 7.89. The molecule has 40 heavy (non-hydrogen) atoms. The Morgan fingerprint density at radius 2 is 1.15 bits per heavy atom. The standard InChI is InChI=1S/C22H20N6O10S2/c23-11-13(12-24)20-16-7-14(39(35,36)25-3-1-5-29)9-18(27(31)32)21(16)22-17(20)8-15(10-19(22)28(33)34)40(37,38)26-4-2-6-30/h7-10,25-26,29-30H,1-6H2. The Morgan fingerprint density at radius 3 is 1.45 bits per heavy atom. The van der Waals surface area contributed by atoms with Crippen molar-refractivity contribution in [2.75, 3.05) is 26.3 Å². The first-order valence-corrected chi connectivity index (χ1v) is 14.2. The number of rotatable bonds is 12. The van der Waals surface area contributed by atoms with Gasteiger partial charge in [-0.3, -0.25) is 20.2 Å². The Labute approximate surface area is 227 Å². The van der Waals surface area contributed by atoms with E-state index in [-0.39, 0.29) is 50.3 Å². The van der Waals surface area contributed by atoms with E-state index in [2.05, 4.69) is 9.44 Å². The van der Waals surface area contributed by atoms with Crippen LogP contribution in [0.1, 0.15) is 24.0 Å². The van der Waals surface area contributed by atoms with E-state index in [9.17, 15) is 47.6 Å². The summed E-state index contributed by atoms with van der Waals surface area (Å²) in [6.45, 7) is -1.17. The minimum atomic E-state index is -4.44. The van der Waals surface area contributed by atoms with Crippen molar-refractivity contribution < 1.29 is 36.9 Å². The van der Waals surface area contributed by atoms with Crippen molar-refractivity contribution >= 4 is 37.0 Å². The summed E-state index contributed by atoms with van der Waals surface area (Å²) in [6.07, 6.45) is 0.0390. The van der Waals surface area contributed by atoms with Crippen molar-refractivity contribution in [2.45, 2.75) is 22.6 Å². The van der Waals surface area contributed by atoms with E-state index in [4.69, 9.17) is 10.2 Å². The summed E-state index contributed by atoms with van der Waals surface area (Å²) < 4.78 is 55.8. The molecule has 0 radical (unpaired) electrons. The third-order valence-electron chi connectivity index (χ3n) is 5.71. The number of nitrogens with zero attached hydrogens (tertiary/aromatic N) is 4. The van der Waals surface area contributed by atoms with Crippen molar-refractivity contribution in [3.8, 4) is 23.3 Å². The van der Waals surface area contributed by atoms with Gasteiger partial charge in [-0.1, -0.05) is 0 Å². The molecule has 2 aromatic rings. The van der Waals surface area contributed by atoms with E-state index in [0.717, 1.165) is 12.1 Å². The van der Waals surface area contributed by atoms with Crippen molar-refractivity contribution in [1.82, 2.24) is 9.44 Å². The molecule has 0 unspecified atom stereocenters.